The Morgan fingerprint density at radius 3 is 2.32 bits per heavy atom. The number of carbonyl (C=O) groups excluding carboxylic acids is 1. The molecule has 0 fully saturated rings. The van der Waals surface area contributed by atoms with Gasteiger partial charge in [-0.1, -0.05) is 12.1 Å². The van der Waals surface area contributed by atoms with Crippen molar-refractivity contribution in [3.63, 3.8) is 0 Å². The fraction of sp³-hybridized carbons (Fsp3) is 0.0667. The second kappa shape index (κ2) is 4.94. The number of phenolic OH excluding ortho intramolecular Hbond substituents is 1. The summed E-state index contributed by atoms with van der Waals surface area (Å²) in [7, 11) is 0. The molecule has 0 unspecified atom stereocenters. The van der Waals surface area contributed by atoms with Crippen molar-refractivity contribution in [3.8, 4) is 16.9 Å². The molecule has 0 amide bonds. The van der Waals surface area contributed by atoms with Gasteiger partial charge in [0.05, 0.1) is 5.56 Å². The lowest BCUT2D eigenvalue weighted by Gasteiger charge is -2.08. The van der Waals surface area contributed by atoms with Crippen LogP contribution >= 0.6 is 0 Å². The molecule has 0 aliphatic heterocycles. The molecule has 0 saturated carbocycles. The molecule has 2 N–H and O–H groups in total. The summed E-state index contributed by atoms with van der Waals surface area (Å²) in [5, 5.41) is 18.7. The Morgan fingerprint density at radius 2 is 1.79 bits per heavy atom. The highest BCUT2D eigenvalue weighted by atomic mass is 16.4. The van der Waals surface area contributed by atoms with Gasteiger partial charge in [-0.25, -0.2) is 4.79 Å². The largest absolute Gasteiger partial charge is 0.507 e. The lowest BCUT2D eigenvalue weighted by atomic mass is 9.98. The molecule has 0 aromatic heterocycles. The average molecular weight is 256 g/mol. The molecule has 0 saturated heterocycles. The number of carboxylic acids is 1. The molecular weight excluding hydrogens is 244 g/mol. The van der Waals surface area contributed by atoms with E-state index in [0.29, 0.717) is 23.0 Å². The lowest BCUT2D eigenvalue weighted by molar-refractivity contribution is 0.0696. The highest BCUT2D eigenvalue weighted by Crippen LogP contribution is 2.31. The van der Waals surface area contributed by atoms with Crippen molar-refractivity contribution in [2.75, 3.05) is 0 Å². The molecule has 4 heteroatoms. The summed E-state index contributed by atoms with van der Waals surface area (Å²) in [6.45, 7) is 1.78. The van der Waals surface area contributed by atoms with E-state index in [4.69, 9.17) is 5.11 Å². The maximum absolute atomic E-state index is 10.8. The molecule has 96 valence electrons. The average Bonchev–Trinajstić information content (AvgIpc) is 2.41. The van der Waals surface area contributed by atoms with Gasteiger partial charge in [-0.2, -0.15) is 0 Å². The van der Waals surface area contributed by atoms with E-state index < -0.39 is 5.97 Å². The summed E-state index contributed by atoms with van der Waals surface area (Å²) < 4.78 is 0. The van der Waals surface area contributed by atoms with Crippen molar-refractivity contribution in [1.82, 2.24) is 0 Å². The van der Waals surface area contributed by atoms with Crippen LogP contribution in [0.15, 0.2) is 36.4 Å². The second-order valence-corrected chi connectivity index (χ2v) is 4.23. The third-order valence-electron chi connectivity index (χ3n) is 2.95. The van der Waals surface area contributed by atoms with Gasteiger partial charge in [0, 0.05) is 11.1 Å². The number of aryl methyl sites for hydroxylation is 1. The highest BCUT2D eigenvalue weighted by Gasteiger charge is 2.09. The first-order valence-corrected chi connectivity index (χ1v) is 5.65. The van der Waals surface area contributed by atoms with Crippen LogP contribution in [0.5, 0.6) is 5.75 Å². The quantitative estimate of drug-likeness (QED) is 0.828. The van der Waals surface area contributed by atoms with Gasteiger partial charge in [-0.05, 0) is 42.3 Å². The number of hydrogen-bond donors (Lipinski definition) is 2. The smallest absolute Gasteiger partial charge is 0.335 e. The van der Waals surface area contributed by atoms with Gasteiger partial charge in [-0.15, -0.1) is 0 Å². The third-order valence-corrected chi connectivity index (χ3v) is 2.95. The van der Waals surface area contributed by atoms with Crippen molar-refractivity contribution in [2.45, 2.75) is 6.92 Å². The van der Waals surface area contributed by atoms with Crippen LogP contribution in [0, 0.1) is 6.92 Å². The minimum atomic E-state index is -0.997. The zero-order chi connectivity index (χ0) is 14.0. The maximum Gasteiger partial charge on any atom is 0.335 e. The highest BCUT2D eigenvalue weighted by molar-refractivity contribution is 5.89. The lowest BCUT2D eigenvalue weighted by Crippen LogP contribution is -1.95. The number of aromatic hydroxyl groups is 1. The molecule has 2 rings (SSSR count). The fourth-order valence-corrected chi connectivity index (χ4v) is 1.86. The molecule has 0 aliphatic carbocycles. The Hall–Kier alpha value is -2.62. The predicted octanol–water partition coefficient (Wildman–Crippen LogP) is 2.88. The van der Waals surface area contributed by atoms with E-state index in [-0.39, 0.29) is 11.3 Å². The Balaban J connectivity index is 2.49. The number of carboxylic acid groups (broad SMARTS) is 1. The molecule has 2 aromatic carbocycles. The number of phenols is 1. The van der Waals surface area contributed by atoms with Crippen molar-refractivity contribution < 1.29 is 19.8 Å². The summed E-state index contributed by atoms with van der Waals surface area (Å²) in [6, 6.07) is 9.30. The summed E-state index contributed by atoms with van der Waals surface area (Å²) in [5.74, 6) is -1.00. The molecule has 0 aliphatic rings. The van der Waals surface area contributed by atoms with Gasteiger partial charge in [0.15, 0.2) is 0 Å². The minimum Gasteiger partial charge on any atom is -0.507 e. The third kappa shape index (κ3) is 2.47. The second-order valence-electron chi connectivity index (χ2n) is 4.23. The Bertz CT molecular complexity index is 642. The minimum absolute atomic E-state index is 0.00391. The molecule has 19 heavy (non-hydrogen) atoms. The molecule has 0 atom stereocenters. The zero-order valence-corrected chi connectivity index (χ0v) is 10.3. The van der Waals surface area contributed by atoms with E-state index in [9.17, 15) is 14.7 Å². The van der Waals surface area contributed by atoms with E-state index in [0.717, 1.165) is 5.56 Å². The van der Waals surface area contributed by atoms with E-state index in [1.807, 2.05) is 0 Å². The summed E-state index contributed by atoms with van der Waals surface area (Å²) in [4.78, 5) is 21.5. The molecule has 0 spiro atoms. The van der Waals surface area contributed by atoms with Crippen LogP contribution in [0.25, 0.3) is 11.1 Å². The number of benzene rings is 2. The first-order valence-electron chi connectivity index (χ1n) is 5.65. The van der Waals surface area contributed by atoms with E-state index >= 15 is 0 Å². The van der Waals surface area contributed by atoms with E-state index in [1.54, 1.807) is 25.1 Å². The van der Waals surface area contributed by atoms with Crippen molar-refractivity contribution >= 4 is 12.3 Å². The van der Waals surface area contributed by atoms with Crippen molar-refractivity contribution in [2.24, 2.45) is 0 Å². The van der Waals surface area contributed by atoms with Crippen LogP contribution in [-0.2, 0) is 0 Å². The van der Waals surface area contributed by atoms with E-state index in [2.05, 4.69) is 0 Å². The van der Waals surface area contributed by atoms with Gasteiger partial charge >= 0.3 is 5.97 Å². The molecular formula is C15H12O4. The maximum atomic E-state index is 10.8. The van der Waals surface area contributed by atoms with Crippen LogP contribution in [0.1, 0.15) is 26.3 Å². The number of hydrogen-bond acceptors (Lipinski definition) is 3. The Labute approximate surface area is 109 Å². The van der Waals surface area contributed by atoms with Crippen molar-refractivity contribution in [1.29, 1.82) is 0 Å². The molecule has 2 aromatic rings. The molecule has 0 bridgehead atoms. The zero-order valence-electron chi connectivity index (χ0n) is 10.3. The number of aldehydes is 1. The summed E-state index contributed by atoms with van der Waals surface area (Å²) in [5.41, 5.74) is 2.64. The predicted molar refractivity (Wildman–Crippen MR) is 70.6 cm³/mol. The standard InChI is InChI=1S/C15H12O4/c1-9-6-13(14(17)7-12(9)8-16)10-2-4-11(5-3-10)15(18)19/h2-8,17H,1H3,(H,18,19). The summed E-state index contributed by atoms with van der Waals surface area (Å²) in [6.07, 6.45) is 0.687. The molecule has 0 heterocycles. The van der Waals surface area contributed by atoms with Gasteiger partial charge in [-0.3, -0.25) is 4.79 Å². The summed E-state index contributed by atoms with van der Waals surface area (Å²) >= 11 is 0. The Morgan fingerprint density at radius 1 is 1.16 bits per heavy atom. The first kappa shape index (κ1) is 12.8. The SMILES string of the molecule is Cc1cc(-c2ccc(C(=O)O)cc2)c(O)cc1C=O. The topological polar surface area (TPSA) is 74.6 Å². The van der Waals surface area contributed by atoms with Crippen LogP contribution in [0.3, 0.4) is 0 Å². The van der Waals surface area contributed by atoms with Gasteiger partial charge in [0.25, 0.3) is 0 Å². The molecule has 0 radical (unpaired) electrons. The van der Waals surface area contributed by atoms with Gasteiger partial charge < -0.3 is 10.2 Å². The fourth-order valence-electron chi connectivity index (χ4n) is 1.86. The molecule has 4 nitrogen and oxygen atoms in total. The number of carbonyl (C=O) groups is 2. The van der Waals surface area contributed by atoms with Gasteiger partial charge in [0.2, 0.25) is 0 Å². The van der Waals surface area contributed by atoms with Crippen LogP contribution < -0.4 is 0 Å². The first-order chi connectivity index (χ1) is 9.02. The Kier molecular flexibility index (Phi) is 3.33. The van der Waals surface area contributed by atoms with E-state index in [1.165, 1.54) is 18.2 Å². The number of aromatic carboxylic acids is 1. The van der Waals surface area contributed by atoms with Crippen LogP contribution in [0.2, 0.25) is 0 Å². The number of rotatable bonds is 3. The monoisotopic (exact) mass is 256 g/mol. The normalized spacial score (nSPS) is 10.2. The van der Waals surface area contributed by atoms with Crippen LogP contribution in [-0.4, -0.2) is 22.5 Å². The van der Waals surface area contributed by atoms with Gasteiger partial charge in [0.1, 0.15) is 12.0 Å². The van der Waals surface area contributed by atoms with Crippen molar-refractivity contribution in [3.05, 3.63) is 53.1 Å². The van der Waals surface area contributed by atoms with Crippen LogP contribution in [0.4, 0.5) is 0 Å².